The minimum Gasteiger partial charge on any atom is -0.478 e. The van der Waals surface area contributed by atoms with Crippen LogP contribution in [0.4, 0.5) is 4.39 Å². The van der Waals surface area contributed by atoms with Crippen molar-refractivity contribution in [2.24, 2.45) is 5.92 Å². The zero-order valence-electron chi connectivity index (χ0n) is 11.5. The smallest absolute Gasteiger partial charge is 0.336 e. The number of hydrogen-bond donors (Lipinski definition) is 1. The van der Waals surface area contributed by atoms with Crippen LogP contribution in [0.1, 0.15) is 47.8 Å². The van der Waals surface area contributed by atoms with E-state index in [-0.39, 0.29) is 17.0 Å². The first-order chi connectivity index (χ1) is 9.49. The van der Waals surface area contributed by atoms with Crippen LogP contribution in [0.5, 0.6) is 0 Å². The Hall–Kier alpha value is -1.97. The summed E-state index contributed by atoms with van der Waals surface area (Å²) < 4.78 is 13.9. The lowest BCUT2D eigenvalue weighted by Crippen LogP contribution is -2.20. The van der Waals surface area contributed by atoms with Gasteiger partial charge in [0.1, 0.15) is 11.3 Å². The number of carboxylic acid groups (broad SMARTS) is 1. The van der Waals surface area contributed by atoms with Gasteiger partial charge in [-0.2, -0.15) is 0 Å². The van der Waals surface area contributed by atoms with Crippen LogP contribution >= 0.6 is 0 Å². The standard InChI is InChI=1S/C16H16FNO2/c1-8-6-9(2)14-11(7-8)13(16(19)20)10-4-3-5-12(17)15(10)18-14/h3-5,8-9H,6-7H2,1-2H3,(H,19,20). The van der Waals surface area contributed by atoms with Gasteiger partial charge >= 0.3 is 5.97 Å². The van der Waals surface area contributed by atoms with Crippen LogP contribution in [0, 0.1) is 11.7 Å². The SMILES string of the molecule is CC1Cc2c(nc3c(F)cccc3c2C(=O)O)C(C)C1. The van der Waals surface area contributed by atoms with Gasteiger partial charge in [-0.05, 0) is 36.3 Å². The van der Waals surface area contributed by atoms with Gasteiger partial charge in [0.2, 0.25) is 0 Å². The Morgan fingerprint density at radius 3 is 2.85 bits per heavy atom. The monoisotopic (exact) mass is 273 g/mol. The van der Waals surface area contributed by atoms with E-state index in [0.29, 0.717) is 17.7 Å². The van der Waals surface area contributed by atoms with Crippen molar-refractivity contribution in [3.05, 3.63) is 40.8 Å². The highest BCUT2D eigenvalue weighted by molar-refractivity contribution is 6.04. The summed E-state index contributed by atoms with van der Waals surface area (Å²) in [5.74, 6) is -0.876. The van der Waals surface area contributed by atoms with E-state index in [9.17, 15) is 14.3 Å². The van der Waals surface area contributed by atoms with Crippen LogP contribution in [0.25, 0.3) is 10.9 Å². The number of para-hydroxylation sites is 1. The zero-order valence-corrected chi connectivity index (χ0v) is 11.5. The molecule has 1 heterocycles. The number of carboxylic acids is 1. The van der Waals surface area contributed by atoms with Crippen LogP contribution in [-0.2, 0) is 6.42 Å². The number of pyridine rings is 1. The van der Waals surface area contributed by atoms with Crippen molar-refractivity contribution in [2.75, 3.05) is 0 Å². The molecule has 1 aromatic heterocycles. The predicted molar refractivity (Wildman–Crippen MR) is 74.6 cm³/mol. The fourth-order valence-corrected chi connectivity index (χ4v) is 3.31. The maximum absolute atomic E-state index is 13.9. The molecule has 3 nitrogen and oxygen atoms in total. The van der Waals surface area contributed by atoms with Crippen molar-refractivity contribution in [3.63, 3.8) is 0 Å². The molecule has 0 aliphatic heterocycles. The first-order valence-corrected chi connectivity index (χ1v) is 6.83. The number of carbonyl (C=O) groups is 1. The maximum atomic E-state index is 13.9. The van der Waals surface area contributed by atoms with Crippen molar-refractivity contribution in [2.45, 2.75) is 32.6 Å². The quantitative estimate of drug-likeness (QED) is 0.860. The van der Waals surface area contributed by atoms with E-state index in [0.717, 1.165) is 17.7 Å². The molecule has 104 valence electrons. The number of aromatic carboxylic acids is 1. The molecule has 0 radical (unpaired) electrons. The van der Waals surface area contributed by atoms with Gasteiger partial charge in [0, 0.05) is 11.1 Å². The third-order valence-corrected chi connectivity index (χ3v) is 4.09. The molecule has 1 N–H and O–H groups in total. The third-order valence-electron chi connectivity index (χ3n) is 4.09. The van der Waals surface area contributed by atoms with Gasteiger partial charge in [0.25, 0.3) is 0 Å². The molecular formula is C16H16FNO2. The summed E-state index contributed by atoms with van der Waals surface area (Å²) in [5.41, 5.74) is 1.92. The minimum atomic E-state index is -0.999. The average Bonchev–Trinajstić information content (AvgIpc) is 2.36. The summed E-state index contributed by atoms with van der Waals surface area (Å²) in [6, 6.07) is 4.50. The molecule has 1 aromatic carbocycles. The molecule has 0 amide bonds. The van der Waals surface area contributed by atoms with E-state index in [4.69, 9.17) is 0 Å². The number of aromatic nitrogens is 1. The van der Waals surface area contributed by atoms with Gasteiger partial charge < -0.3 is 5.11 Å². The van der Waals surface area contributed by atoms with Gasteiger partial charge in [-0.15, -0.1) is 0 Å². The highest BCUT2D eigenvalue weighted by Gasteiger charge is 2.29. The van der Waals surface area contributed by atoms with Gasteiger partial charge in [0.15, 0.2) is 0 Å². The summed E-state index contributed by atoms with van der Waals surface area (Å²) in [6.07, 6.45) is 1.65. The zero-order chi connectivity index (χ0) is 14.4. The van der Waals surface area contributed by atoms with Gasteiger partial charge in [-0.3, -0.25) is 0 Å². The number of halogens is 1. The second-order valence-electron chi connectivity index (χ2n) is 5.74. The molecule has 4 heteroatoms. The Labute approximate surface area is 116 Å². The second kappa shape index (κ2) is 4.54. The molecule has 20 heavy (non-hydrogen) atoms. The highest BCUT2D eigenvalue weighted by atomic mass is 19.1. The van der Waals surface area contributed by atoms with Crippen molar-refractivity contribution >= 4 is 16.9 Å². The predicted octanol–water partition coefficient (Wildman–Crippen LogP) is 3.76. The van der Waals surface area contributed by atoms with E-state index in [2.05, 4.69) is 11.9 Å². The van der Waals surface area contributed by atoms with Crippen LogP contribution < -0.4 is 0 Å². The van der Waals surface area contributed by atoms with E-state index in [1.54, 1.807) is 6.07 Å². The van der Waals surface area contributed by atoms with Crippen molar-refractivity contribution in [1.29, 1.82) is 0 Å². The summed E-state index contributed by atoms with van der Waals surface area (Å²) in [7, 11) is 0. The molecule has 0 bridgehead atoms. The second-order valence-corrected chi connectivity index (χ2v) is 5.74. The molecule has 0 spiro atoms. The van der Waals surface area contributed by atoms with Gasteiger partial charge in [-0.25, -0.2) is 14.2 Å². The Kier molecular flexibility index (Phi) is 2.96. The summed E-state index contributed by atoms with van der Waals surface area (Å²) in [4.78, 5) is 16.1. The topological polar surface area (TPSA) is 50.2 Å². The van der Waals surface area contributed by atoms with Crippen molar-refractivity contribution < 1.29 is 14.3 Å². The van der Waals surface area contributed by atoms with Crippen LogP contribution in [0.15, 0.2) is 18.2 Å². The average molecular weight is 273 g/mol. The molecule has 0 saturated heterocycles. The van der Waals surface area contributed by atoms with Gasteiger partial charge in [0.05, 0.1) is 5.56 Å². The molecule has 1 aliphatic carbocycles. The van der Waals surface area contributed by atoms with Crippen LogP contribution in [-0.4, -0.2) is 16.1 Å². The third kappa shape index (κ3) is 1.87. The largest absolute Gasteiger partial charge is 0.478 e. The summed E-state index contributed by atoms with van der Waals surface area (Å²) >= 11 is 0. The number of benzene rings is 1. The van der Waals surface area contributed by atoms with Crippen molar-refractivity contribution in [1.82, 2.24) is 4.98 Å². The first kappa shape index (κ1) is 13.0. The number of hydrogen-bond acceptors (Lipinski definition) is 2. The molecular weight excluding hydrogens is 257 g/mol. The summed E-state index contributed by atoms with van der Waals surface area (Å²) in [6.45, 7) is 4.14. The Morgan fingerprint density at radius 1 is 1.40 bits per heavy atom. The molecule has 0 saturated carbocycles. The molecule has 2 atom stereocenters. The normalized spacial score (nSPS) is 21.8. The van der Waals surface area contributed by atoms with Crippen molar-refractivity contribution in [3.8, 4) is 0 Å². The van der Waals surface area contributed by atoms with E-state index in [1.165, 1.54) is 12.1 Å². The van der Waals surface area contributed by atoms with E-state index >= 15 is 0 Å². The van der Waals surface area contributed by atoms with E-state index < -0.39 is 11.8 Å². The molecule has 2 aromatic rings. The lowest BCUT2D eigenvalue weighted by atomic mass is 9.79. The molecule has 0 fully saturated rings. The molecule has 2 unspecified atom stereocenters. The van der Waals surface area contributed by atoms with Gasteiger partial charge in [-0.1, -0.05) is 26.0 Å². The Balaban J connectivity index is 2.43. The first-order valence-electron chi connectivity index (χ1n) is 6.83. The number of rotatable bonds is 1. The highest BCUT2D eigenvalue weighted by Crippen LogP contribution is 2.38. The molecule has 3 rings (SSSR count). The van der Waals surface area contributed by atoms with E-state index in [1.807, 2.05) is 6.92 Å². The summed E-state index contributed by atoms with van der Waals surface area (Å²) in [5, 5.41) is 9.95. The fraction of sp³-hybridized carbons (Fsp3) is 0.375. The lowest BCUT2D eigenvalue weighted by Gasteiger charge is -2.28. The minimum absolute atomic E-state index is 0.163. The number of fused-ring (bicyclic) bond motifs is 2. The Bertz CT molecular complexity index is 711. The van der Waals surface area contributed by atoms with Crippen LogP contribution in [0.2, 0.25) is 0 Å². The molecule has 1 aliphatic rings. The maximum Gasteiger partial charge on any atom is 0.336 e. The van der Waals surface area contributed by atoms with Crippen LogP contribution in [0.3, 0.4) is 0 Å². The number of nitrogens with zero attached hydrogens (tertiary/aromatic N) is 1. The Morgan fingerprint density at radius 2 is 2.15 bits per heavy atom. The lowest BCUT2D eigenvalue weighted by molar-refractivity contribution is 0.0697. The fourth-order valence-electron chi connectivity index (χ4n) is 3.31.